The Morgan fingerprint density at radius 2 is 2.00 bits per heavy atom. The van der Waals surface area contributed by atoms with Gasteiger partial charge in [-0.05, 0) is 38.6 Å². The average molecular weight is 241 g/mol. The molecule has 17 heavy (non-hydrogen) atoms. The minimum atomic E-state index is -0.0531. The highest BCUT2D eigenvalue weighted by atomic mass is 16.5. The Morgan fingerprint density at radius 3 is 2.47 bits per heavy atom. The Bertz CT molecular complexity index is 236. The van der Waals surface area contributed by atoms with E-state index in [9.17, 15) is 4.79 Å². The second-order valence-corrected chi connectivity index (χ2v) is 5.56. The zero-order valence-electron chi connectivity index (χ0n) is 11.7. The molecule has 0 saturated heterocycles. The van der Waals surface area contributed by atoms with Crippen molar-refractivity contribution in [3.8, 4) is 0 Å². The van der Waals surface area contributed by atoms with Crippen LogP contribution in [0, 0.1) is 11.8 Å². The van der Waals surface area contributed by atoms with Crippen LogP contribution in [-0.4, -0.2) is 36.6 Å². The van der Waals surface area contributed by atoms with Gasteiger partial charge < -0.3 is 4.74 Å². The van der Waals surface area contributed by atoms with Crippen molar-refractivity contribution in [1.29, 1.82) is 0 Å². The Kier molecular flexibility index (Phi) is 5.96. The molecule has 1 fully saturated rings. The lowest BCUT2D eigenvalue weighted by Crippen LogP contribution is -2.35. The monoisotopic (exact) mass is 241 g/mol. The summed E-state index contributed by atoms with van der Waals surface area (Å²) in [6.45, 7) is 10.8. The SMILES string of the molecule is CCOC(=O)C(C)CN(CCC(C)C)C1CC1. The summed E-state index contributed by atoms with van der Waals surface area (Å²) in [7, 11) is 0. The third kappa shape index (κ3) is 5.53. The number of hydrogen-bond donors (Lipinski definition) is 0. The van der Waals surface area contributed by atoms with E-state index >= 15 is 0 Å². The van der Waals surface area contributed by atoms with Gasteiger partial charge in [-0.1, -0.05) is 20.8 Å². The molecule has 0 aromatic heterocycles. The van der Waals surface area contributed by atoms with Gasteiger partial charge in [-0.25, -0.2) is 0 Å². The number of rotatable bonds is 8. The van der Waals surface area contributed by atoms with E-state index in [1.807, 2.05) is 13.8 Å². The topological polar surface area (TPSA) is 29.5 Å². The highest BCUT2D eigenvalue weighted by molar-refractivity contribution is 5.72. The predicted molar refractivity (Wildman–Crippen MR) is 69.8 cm³/mol. The van der Waals surface area contributed by atoms with E-state index in [-0.39, 0.29) is 11.9 Å². The molecule has 1 aliphatic carbocycles. The third-order valence-corrected chi connectivity index (χ3v) is 3.25. The zero-order valence-corrected chi connectivity index (χ0v) is 11.7. The lowest BCUT2D eigenvalue weighted by Gasteiger charge is -2.25. The van der Waals surface area contributed by atoms with Crippen LogP contribution in [0.5, 0.6) is 0 Å². The van der Waals surface area contributed by atoms with Crippen LogP contribution < -0.4 is 0 Å². The molecule has 1 rings (SSSR count). The maximum Gasteiger partial charge on any atom is 0.309 e. The fourth-order valence-electron chi connectivity index (χ4n) is 2.00. The number of nitrogens with zero attached hydrogens (tertiary/aromatic N) is 1. The summed E-state index contributed by atoms with van der Waals surface area (Å²) < 4.78 is 5.06. The fourth-order valence-corrected chi connectivity index (χ4v) is 2.00. The van der Waals surface area contributed by atoms with Gasteiger partial charge in [0.15, 0.2) is 0 Å². The number of hydrogen-bond acceptors (Lipinski definition) is 3. The summed E-state index contributed by atoms with van der Waals surface area (Å²) in [6.07, 6.45) is 3.81. The quantitative estimate of drug-likeness (QED) is 0.612. The Morgan fingerprint density at radius 1 is 1.35 bits per heavy atom. The van der Waals surface area contributed by atoms with Gasteiger partial charge in [-0.3, -0.25) is 9.69 Å². The minimum Gasteiger partial charge on any atom is -0.466 e. The van der Waals surface area contributed by atoms with Crippen LogP contribution in [0.2, 0.25) is 0 Å². The molecule has 3 nitrogen and oxygen atoms in total. The van der Waals surface area contributed by atoms with Crippen LogP contribution >= 0.6 is 0 Å². The van der Waals surface area contributed by atoms with E-state index < -0.39 is 0 Å². The van der Waals surface area contributed by atoms with Gasteiger partial charge in [-0.15, -0.1) is 0 Å². The van der Waals surface area contributed by atoms with E-state index in [2.05, 4.69) is 18.7 Å². The summed E-state index contributed by atoms with van der Waals surface area (Å²) in [5.74, 6) is 0.680. The normalized spacial score (nSPS) is 17.5. The molecule has 0 aromatic rings. The smallest absolute Gasteiger partial charge is 0.309 e. The van der Waals surface area contributed by atoms with Crippen LogP contribution in [0.25, 0.3) is 0 Å². The van der Waals surface area contributed by atoms with Gasteiger partial charge in [0.1, 0.15) is 0 Å². The zero-order chi connectivity index (χ0) is 12.8. The summed E-state index contributed by atoms with van der Waals surface area (Å²) in [6, 6.07) is 0.727. The summed E-state index contributed by atoms with van der Waals surface area (Å²) in [5.41, 5.74) is 0. The molecule has 0 amide bonds. The molecule has 0 radical (unpaired) electrons. The molecule has 0 aliphatic heterocycles. The summed E-state index contributed by atoms with van der Waals surface area (Å²) >= 11 is 0. The van der Waals surface area contributed by atoms with Crippen LogP contribution in [0.1, 0.15) is 47.0 Å². The molecular weight excluding hydrogens is 214 g/mol. The average Bonchev–Trinajstić information content (AvgIpc) is 3.07. The van der Waals surface area contributed by atoms with Crippen molar-refractivity contribution in [3.05, 3.63) is 0 Å². The van der Waals surface area contributed by atoms with Gasteiger partial charge in [0.25, 0.3) is 0 Å². The maximum absolute atomic E-state index is 11.6. The standard InChI is InChI=1S/C14H27NO2/c1-5-17-14(16)12(4)10-15(13-6-7-13)9-8-11(2)3/h11-13H,5-10H2,1-4H3. The van der Waals surface area contributed by atoms with Crippen LogP contribution in [0.3, 0.4) is 0 Å². The molecule has 1 aliphatic rings. The molecule has 0 spiro atoms. The fraction of sp³-hybridized carbons (Fsp3) is 0.929. The number of esters is 1. The number of carbonyl (C=O) groups excluding carboxylic acids is 1. The van der Waals surface area contributed by atoms with Gasteiger partial charge in [0.2, 0.25) is 0 Å². The van der Waals surface area contributed by atoms with E-state index in [1.54, 1.807) is 0 Å². The molecule has 0 bridgehead atoms. The largest absolute Gasteiger partial charge is 0.466 e. The molecule has 0 aromatic carbocycles. The first-order chi connectivity index (χ1) is 8.04. The van der Waals surface area contributed by atoms with Crippen LogP contribution in [-0.2, 0) is 9.53 Å². The van der Waals surface area contributed by atoms with Crippen LogP contribution in [0.15, 0.2) is 0 Å². The van der Waals surface area contributed by atoms with E-state index in [1.165, 1.54) is 19.3 Å². The highest BCUT2D eigenvalue weighted by Gasteiger charge is 2.31. The van der Waals surface area contributed by atoms with E-state index in [0.717, 1.165) is 25.0 Å². The van der Waals surface area contributed by atoms with Crippen molar-refractivity contribution >= 4 is 5.97 Å². The molecule has 0 heterocycles. The van der Waals surface area contributed by atoms with Crippen molar-refractivity contribution in [3.63, 3.8) is 0 Å². The Balaban J connectivity index is 2.35. The van der Waals surface area contributed by atoms with E-state index in [4.69, 9.17) is 4.74 Å². The molecular formula is C14H27NO2. The number of ether oxygens (including phenoxy) is 1. The Hall–Kier alpha value is -0.570. The van der Waals surface area contributed by atoms with Gasteiger partial charge in [-0.2, -0.15) is 0 Å². The second kappa shape index (κ2) is 7.00. The third-order valence-electron chi connectivity index (χ3n) is 3.25. The lowest BCUT2D eigenvalue weighted by atomic mass is 10.1. The first kappa shape index (κ1) is 14.5. The van der Waals surface area contributed by atoms with Gasteiger partial charge in [0.05, 0.1) is 12.5 Å². The lowest BCUT2D eigenvalue weighted by molar-refractivity contribution is -0.148. The minimum absolute atomic E-state index is 0.00251. The van der Waals surface area contributed by atoms with Crippen molar-refractivity contribution in [2.45, 2.75) is 53.0 Å². The summed E-state index contributed by atoms with van der Waals surface area (Å²) in [4.78, 5) is 14.1. The highest BCUT2D eigenvalue weighted by Crippen LogP contribution is 2.28. The number of carbonyl (C=O) groups is 1. The summed E-state index contributed by atoms with van der Waals surface area (Å²) in [5, 5.41) is 0. The molecule has 1 unspecified atom stereocenters. The molecule has 1 atom stereocenters. The molecule has 100 valence electrons. The maximum atomic E-state index is 11.6. The molecule has 0 N–H and O–H groups in total. The van der Waals surface area contributed by atoms with Crippen LogP contribution in [0.4, 0.5) is 0 Å². The van der Waals surface area contributed by atoms with E-state index in [0.29, 0.717) is 6.61 Å². The predicted octanol–water partition coefficient (Wildman–Crippen LogP) is 2.70. The first-order valence-corrected chi connectivity index (χ1v) is 6.95. The first-order valence-electron chi connectivity index (χ1n) is 6.95. The van der Waals surface area contributed by atoms with Gasteiger partial charge in [0, 0.05) is 12.6 Å². The Labute approximate surface area is 106 Å². The van der Waals surface area contributed by atoms with Gasteiger partial charge >= 0.3 is 5.97 Å². The van der Waals surface area contributed by atoms with Crippen molar-refractivity contribution in [2.75, 3.05) is 19.7 Å². The second-order valence-electron chi connectivity index (χ2n) is 5.56. The molecule has 1 saturated carbocycles. The van der Waals surface area contributed by atoms with Crippen molar-refractivity contribution in [1.82, 2.24) is 4.90 Å². The van der Waals surface area contributed by atoms with Crippen molar-refractivity contribution < 1.29 is 9.53 Å². The van der Waals surface area contributed by atoms with Crippen molar-refractivity contribution in [2.24, 2.45) is 11.8 Å². The molecule has 3 heteroatoms.